The Balaban J connectivity index is 2.51. The van der Waals surface area contributed by atoms with Crippen LogP contribution in [0.2, 0.25) is 0 Å². The first kappa shape index (κ1) is 8.17. The highest BCUT2D eigenvalue weighted by Gasteiger charge is 2.10. The van der Waals surface area contributed by atoms with Crippen LogP contribution in [0, 0.1) is 11.6 Å². The van der Waals surface area contributed by atoms with E-state index in [1.807, 2.05) is 12.2 Å². The Bertz CT molecular complexity index is 389. The van der Waals surface area contributed by atoms with Gasteiger partial charge in [-0.25, -0.2) is 8.78 Å². The minimum Gasteiger partial charge on any atom is -0.204 e. The normalized spacial score (nSPS) is 14.8. The lowest BCUT2D eigenvalue weighted by Crippen LogP contribution is -1.90. The van der Waals surface area contributed by atoms with Gasteiger partial charge in [-0.15, -0.1) is 0 Å². The van der Waals surface area contributed by atoms with Crippen LogP contribution in [0.1, 0.15) is 12.0 Å². The van der Waals surface area contributed by atoms with Crippen molar-refractivity contribution in [2.75, 3.05) is 0 Å². The molecule has 0 N–H and O–H groups in total. The van der Waals surface area contributed by atoms with Gasteiger partial charge in [0.05, 0.1) is 0 Å². The van der Waals surface area contributed by atoms with E-state index in [1.54, 1.807) is 12.1 Å². The second-order valence-electron chi connectivity index (χ2n) is 2.90. The zero-order valence-electron chi connectivity index (χ0n) is 6.93. The van der Waals surface area contributed by atoms with Crippen molar-refractivity contribution in [1.82, 2.24) is 0 Å². The van der Waals surface area contributed by atoms with Gasteiger partial charge in [0.15, 0.2) is 11.6 Å². The van der Waals surface area contributed by atoms with E-state index in [0.717, 1.165) is 18.1 Å². The Morgan fingerprint density at radius 1 is 1.15 bits per heavy atom. The Labute approximate surface area is 75.2 Å². The quantitative estimate of drug-likeness (QED) is 0.618. The fourth-order valence-corrected chi connectivity index (χ4v) is 1.38. The van der Waals surface area contributed by atoms with Crippen LogP contribution in [0.4, 0.5) is 8.78 Å². The lowest BCUT2D eigenvalue weighted by molar-refractivity contribution is 0.506. The third-order valence-electron chi connectivity index (χ3n) is 2.03. The van der Waals surface area contributed by atoms with E-state index < -0.39 is 11.6 Å². The van der Waals surface area contributed by atoms with Crippen LogP contribution in [-0.2, 0) is 0 Å². The molecular weight excluding hydrogens is 170 g/mol. The molecule has 0 spiro atoms. The molecule has 1 aromatic rings. The molecule has 66 valence electrons. The highest BCUT2D eigenvalue weighted by molar-refractivity contribution is 5.76. The Kier molecular flexibility index (Phi) is 1.97. The van der Waals surface area contributed by atoms with Gasteiger partial charge >= 0.3 is 0 Å². The van der Waals surface area contributed by atoms with Gasteiger partial charge in [-0.05, 0) is 18.1 Å². The molecule has 1 aliphatic carbocycles. The standard InChI is InChI=1S/C11H8F2/c12-10-7-3-6-9(11(10)13)8-4-1-2-5-8/h1,3-7H,2H2. The molecule has 0 nitrogen and oxygen atoms in total. The van der Waals surface area contributed by atoms with Crippen LogP contribution in [0.3, 0.4) is 0 Å². The molecule has 0 amide bonds. The highest BCUT2D eigenvalue weighted by Crippen LogP contribution is 2.24. The molecule has 0 saturated heterocycles. The van der Waals surface area contributed by atoms with Crippen molar-refractivity contribution < 1.29 is 8.78 Å². The maximum Gasteiger partial charge on any atom is 0.166 e. The SMILES string of the molecule is Fc1cccc(C2=CCC=C2)c1F. The molecule has 0 heterocycles. The van der Waals surface area contributed by atoms with Gasteiger partial charge in [-0.3, -0.25) is 0 Å². The van der Waals surface area contributed by atoms with E-state index in [-0.39, 0.29) is 0 Å². The zero-order valence-corrected chi connectivity index (χ0v) is 6.93. The Morgan fingerprint density at radius 3 is 2.69 bits per heavy atom. The molecule has 2 rings (SSSR count). The lowest BCUT2D eigenvalue weighted by Gasteiger charge is -2.02. The van der Waals surface area contributed by atoms with Gasteiger partial charge in [0.25, 0.3) is 0 Å². The fourth-order valence-electron chi connectivity index (χ4n) is 1.38. The van der Waals surface area contributed by atoms with E-state index >= 15 is 0 Å². The lowest BCUT2D eigenvalue weighted by atomic mass is 10.1. The summed E-state index contributed by atoms with van der Waals surface area (Å²) in [4.78, 5) is 0. The first-order valence-corrected chi connectivity index (χ1v) is 4.10. The van der Waals surface area contributed by atoms with Gasteiger partial charge in [-0.2, -0.15) is 0 Å². The summed E-state index contributed by atoms with van der Waals surface area (Å²) >= 11 is 0. The predicted molar refractivity (Wildman–Crippen MR) is 48.1 cm³/mol. The third-order valence-corrected chi connectivity index (χ3v) is 2.03. The van der Waals surface area contributed by atoms with Crippen molar-refractivity contribution in [1.29, 1.82) is 0 Å². The van der Waals surface area contributed by atoms with Crippen LogP contribution in [0.15, 0.2) is 36.4 Å². The first-order valence-electron chi connectivity index (χ1n) is 4.10. The Hall–Kier alpha value is -1.44. The summed E-state index contributed by atoms with van der Waals surface area (Å²) in [7, 11) is 0. The first-order chi connectivity index (χ1) is 6.29. The summed E-state index contributed by atoms with van der Waals surface area (Å²) in [6.07, 6.45) is 6.39. The third kappa shape index (κ3) is 1.39. The minimum absolute atomic E-state index is 0.341. The molecule has 0 fully saturated rings. The maximum atomic E-state index is 13.2. The summed E-state index contributed by atoms with van der Waals surface area (Å²) in [6, 6.07) is 4.22. The molecule has 1 aromatic carbocycles. The van der Waals surface area contributed by atoms with Crippen molar-refractivity contribution in [2.24, 2.45) is 0 Å². The monoisotopic (exact) mass is 178 g/mol. The number of hydrogen-bond donors (Lipinski definition) is 0. The highest BCUT2D eigenvalue weighted by atomic mass is 19.2. The van der Waals surface area contributed by atoms with E-state index in [2.05, 4.69) is 0 Å². The molecule has 0 bridgehead atoms. The Morgan fingerprint density at radius 2 is 2.00 bits per heavy atom. The van der Waals surface area contributed by atoms with E-state index in [0.29, 0.717) is 5.56 Å². The average Bonchev–Trinajstić information content (AvgIpc) is 2.62. The maximum absolute atomic E-state index is 13.2. The number of benzene rings is 1. The molecule has 0 aliphatic heterocycles. The molecular formula is C11H8F2. The molecule has 0 radical (unpaired) electrons. The van der Waals surface area contributed by atoms with Gasteiger partial charge in [0.2, 0.25) is 0 Å². The van der Waals surface area contributed by atoms with Gasteiger partial charge in [-0.1, -0.05) is 30.4 Å². The van der Waals surface area contributed by atoms with E-state index in [1.165, 1.54) is 6.07 Å². The predicted octanol–water partition coefficient (Wildman–Crippen LogP) is 3.31. The molecule has 1 aliphatic rings. The van der Waals surface area contributed by atoms with Crippen molar-refractivity contribution in [3.05, 3.63) is 53.6 Å². The largest absolute Gasteiger partial charge is 0.204 e. The summed E-state index contributed by atoms with van der Waals surface area (Å²) in [5.74, 6) is -1.56. The van der Waals surface area contributed by atoms with Crippen LogP contribution in [0.5, 0.6) is 0 Å². The second kappa shape index (κ2) is 3.13. The molecule has 13 heavy (non-hydrogen) atoms. The summed E-state index contributed by atoms with van der Waals surface area (Å²) in [5, 5.41) is 0. The summed E-state index contributed by atoms with van der Waals surface area (Å²) in [5.41, 5.74) is 1.10. The number of rotatable bonds is 1. The molecule has 0 unspecified atom stereocenters. The van der Waals surface area contributed by atoms with Crippen LogP contribution >= 0.6 is 0 Å². The number of halogens is 2. The van der Waals surface area contributed by atoms with E-state index in [4.69, 9.17) is 0 Å². The number of hydrogen-bond acceptors (Lipinski definition) is 0. The summed E-state index contributed by atoms with van der Waals surface area (Å²) in [6.45, 7) is 0. The van der Waals surface area contributed by atoms with E-state index in [9.17, 15) is 8.78 Å². The summed E-state index contributed by atoms with van der Waals surface area (Å²) < 4.78 is 26.0. The van der Waals surface area contributed by atoms with Gasteiger partial charge < -0.3 is 0 Å². The smallest absolute Gasteiger partial charge is 0.166 e. The second-order valence-corrected chi connectivity index (χ2v) is 2.90. The van der Waals surface area contributed by atoms with Crippen LogP contribution in [-0.4, -0.2) is 0 Å². The fraction of sp³-hybridized carbons (Fsp3) is 0.0909. The molecule has 0 aromatic heterocycles. The van der Waals surface area contributed by atoms with Crippen LogP contribution < -0.4 is 0 Å². The van der Waals surface area contributed by atoms with Crippen molar-refractivity contribution in [3.63, 3.8) is 0 Å². The molecule has 0 saturated carbocycles. The minimum atomic E-state index is -0.793. The topological polar surface area (TPSA) is 0 Å². The number of allylic oxidation sites excluding steroid dienone is 4. The molecule has 0 atom stereocenters. The van der Waals surface area contributed by atoms with Crippen molar-refractivity contribution >= 4 is 5.57 Å². The average molecular weight is 178 g/mol. The van der Waals surface area contributed by atoms with Crippen LogP contribution in [0.25, 0.3) is 5.57 Å². The van der Waals surface area contributed by atoms with Crippen molar-refractivity contribution in [2.45, 2.75) is 6.42 Å². The molecule has 2 heteroatoms. The van der Waals surface area contributed by atoms with Crippen molar-refractivity contribution in [3.8, 4) is 0 Å². The van der Waals surface area contributed by atoms with Gasteiger partial charge in [0.1, 0.15) is 0 Å². The van der Waals surface area contributed by atoms with Gasteiger partial charge in [0, 0.05) is 5.56 Å². The zero-order chi connectivity index (χ0) is 9.26.